The van der Waals surface area contributed by atoms with E-state index in [1.807, 2.05) is 0 Å². The second kappa shape index (κ2) is 5.92. The number of anilines is 1. The summed E-state index contributed by atoms with van der Waals surface area (Å²) >= 11 is 0. The van der Waals surface area contributed by atoms with Gasteiger partial charge in [-0.2, -0.15) is 5.26 Å². The number of rotatable bonds is 4. The number of hydrogen-bond donors (Lipinski definition) is 2. The zero-order valence-corrected chi connectivity index (χ0v) is 10.8. The van der Waals surface area contributed by atoms with E-state index in [4.69, 9.17) is 20.8 Å². The van der Waals surface area contributed by atoms with Crippen LogP contribution in [-0.2, 0) is 6.61 Å². The van der Waals surface area contributed by atoms with Gasteiger partial charge in [0.25, 0.3) is 0 Å². The Labute approximate surface area is 120 Å². The van der Waals surface area contributed by atoms with Gasteiger partial charge in [0.05, 0.1) is 5.56 Å². The maximum atomic E-state index is 13.9. The van der Waals surface area contributed by atoms with Gasteiger partial charge in [-0.3, -0.25) is 0 Å². The van der Waals surface area contributed by atoms with Crippen molar-refractivity contribution in [3.8, 4) is 11.8 Å². The van der Waals surface area contributed by atoms with Crippen LogP contribution in [0.2, 0.25) is 0 Å². The van der Waals surface area contributed by atoms with Crippen molar-refractivity contribution in [3.63, 3.8) is 0 Å². The number of halogens is 1. The molecule has 0 radical (unpaired) electrons. The fourth-order valence-electron chi connectivity index (χ4n) is 1.77. The first kappa shape index (κ1) is 14.3. The molecule has 2 rings (SSSR count). The second-order valence-electron chi connectivity index (χ2n) is 4.24. The molecule has 106 valence electrons. The molecule has 3 N–H and O–H groups in total. The highest BCUT2D eigenvalue weighted by molar-refractivity contribution is 5.92. The van der Waals surface area contributed by atoms with Crippen molar-refractivity contribution < 1.29 is 19.0 Å². The minimum Gasteiger partial charge on any atom is -0.488 e. The number of ether oxygens (including phenoxy) is 1. The molecule has 21 heavy (non-hydrogen) atoms. The fraction of sp³-hybridized carbons (Fsp3) is 0.0667. The van der Waals surface area contributed by atoms with Crippen molar-refractivity contribution in [2.45, 2.75) is 6.61 Å². The van der Waals surface area contributed by atoms with Crippen LogP contribution in [0.4, 0.5) is 10.1 Å². The SMILES string of the molecule is N#Cc1cccc(COc2ccc(N)cc2C(=O)O)c1F. The lowest BCUT2D eigenvalue weighted by Crippen LogP contribution is -2.06. The third-order valence-electron chi connectivity index (χ3n) is 2.82. The molecule has 0 aliphatic heterocycles. The monoisotopic (exact) mass is 286 g/mol. The molecule has 0 atom stereocenters. The van der Waals surface area contributed by atoms with Gasteiger partial charge in [0.1, 0.15) is 29.8 Å². The van der Waals surface area contributed by atoms with Crippen LogP contribution in [0.1, 0.15) is 21.5 Å². The average molecular weight is 286 g/mol. The number of carbonyl (C=O) groups is 1. The van der Waals surface area contributed by atoms with Crippen molar-refractivity contribution in [1.29, 1.82) is 5.26 Å². The Bertz CT molecular complexity index is 738. The molecule has 6 heteroatoms. The van der Waals surface area contributed by atoms with E-state index >= 15 is 0 Å². The van der Waals surface area contributed by atoms with Crippen LogP contribution >= 0.6 is 0 Å². The summed E-state index contributed by atoms with van der Waals surface area (Å²) in [5.74, 6) is -1.78. The van der Waals surface area contributed by atoms with Gasteiger partial charge in [0, 0.05) is 11.3 Å². The van der Waals surface area contributed by atoms with E-state index in [1.54, 1.807) is 6.07 Å². The molecule has 0 amide bonds. The summed E-state index contributed by atoms with van der Waals surface area (Å²) in [6, 6.07) is 10.2. The van der Waals surface area contributed by atoms with Gasteiger partial charge >= 0.3 is 5.97 Å². The quantitative estimate of drug-likeness (QED) is 0.842. The summed E-state index contributed by atoms with van der Waals surface area (Å²) in [6.45, 7) is -0.189. The summed E-state index contributed by atoms with van der Waals surface area (Å²) in [5, 5.41) is 17.8. The minimum absolute atomic E-state index is 0.0819. The smallest absolute Gasteiger partial charge is 0.339 e. The molecule has 0 bridgehead atoms. The number of carboxylic acid groups (broad SMARTS) is 1. The Kier molecular flexibility index (Phi) is 4.05. The predicted molar refractivity (Wildman–Crippen MR) is 73.3 cm³/mol. The van der Waals surface area contributed by atoms with E-state index < -0.39 is 11.8 Å². The predicted octanol–water partition coefficient (Wildman–Crippen LogP) is 2.56. The third-order valence-corrected chi connectivity index (χ3v) is 2.82. The average Bonchev–Trinajstić information content (AvgIpc) is 2.47. The minimum atomic E-state index is -1.19. The van der Waals surface area contributed by atoms with Crippen molar-refractivity contribution in [3.05, 3.63) is 58.9 Å². The van der Waals surface area contributed by atoms with E-state index in [0.29, 0.717) is 0 Å². The normalized spacial score (nSPS) is 9.90. The topological polar surface area (TPSA) is 96.3 Å². The maximum Gasteiger partial charge on any atom is 0.339 e. The fourth-order valence-corrected chi connectivity index (χ4v) is 1.77. The molecule has 2 aromatic carbocycles. The van der Waals surface area contributed by atoms with Gasteiger partial charge < -0.3 is 15.6 Å². The molecule has 2 aromatic rings. The highest BCUT2D eigenvalue weighted by Gasteiger charge is 2.13. The zero-order chi connectivity index (χ0) is 15.4. The third kappa shape index (κ3) is 3.09. The van der Waals surface area contributed by atoms with E-state index in [1.165, 1.54) is 36.4 Å². The van der Waals surface area contributed by atoms with Gasteiger partial charge in [0.15, 0.2) is 0 Å². The first-order chi connectivity index (χ1) is 10.0. The summed E-state index contributed by atoms with van der Waals surface area (Å²) in [7, 11) is 0. The molecule has 0 aliphatic rings. The second-order valence-corrected chi connectivity index (χ2v) is 4.24. The molecule has 0 aromatic heterocycles. The Balaban J connectivity index is 2.25. The summed E-state index contributed by atoms with van der Waals surface area (Å²) in [6.07, 6.45) is 0. The lowest BCUT2D eigenvalue weighted by atomic mass is 10.1. The summed E-state index contributed by atoms with van der Waals surface area (Å²) in [5.41, 5.74) is 5.78. The Morgan fingerprint density at radius 2 is 2.14 bits per heavy atom. The van der Waals surface area contributed by atoms with Gasteiger partial charge in [-0.1, -0.05) is 12.1 Å². The van der Waals surface area contributed by atoms with Gasteiger partial charge in [-0.25, -0.2) is 9.18 Å². The zero-order valence-electron chi connectivity index (χ0n) is 10.8. The maximum absolute atomic E-state index is 13.9. The highest BCUT2D eigenvalue weighted by Crippen LogP contribution is 2.23. The van der Waals surface area contributed by atoms with E-state index in [0.717, 1.165) is 0 Å². The first-order valence-electron chi connectivity index (χ1n) is 5.96. The Hall–Kier alpha value is -3.07. The molecule has 0 unspecified atom stereocenters. The first-order valence-corrected chi connectivity index (χ1v) is 5.96. The van der Waals surface area contributed by atoms with Crippen LogP contribution in [0.5, 0.6) is 5.75 Å². The standard InChI is InChI=1S/C15H11FN2O3/c16-14-9(7-17)2-1-3-10(14)8-21-13-5-4-11(18)6-12(13)15(19)20/h1-6H,8,18H2,(H,19,20). The summed E-state index contributed by atoms with van der Waals surface area (Å²) < 4.78 is 19.2. The molecule has 0 spiro atoms. The van der Waals surface area contributed by atoms with E-state index in [2.05, 4.69) is 0 Å². The highest BCUT2D eigenvalue weighted by atomic mass is 19.1. The molecule has 0 heterocycles. The van der Waals surface area contributed by atoms with Crippen molar-refractivity contribution in [2.24, 2.45) is 0 Å². The van der Waals surface area contributed by atoms with Crippen molar-refractivity contribution >= 4 is 11.7 Å². The number of benzene rings is 2. The lowest BCUT2D eigenvalue weighted by Gasteiger charge is -2.10. The van der Waals surface area contributed by atoms with Gasteiger partial charge in [-0.05, 0) is 24.3 Å². The largest absolute Gasteiger partial charge is 0.488 e. The van der Waals surface area contributed by atoms with Crippen LogP contribution in [-0.4, -0.2) is 11.1 Å². The Morgan fingerprint density at radius 1 is 1.38 bits per heavy atom. The number of hydrogen-bond acceptors (Lipinski definition) is 4. The van der Waals surface area contributed by atoms with E-state index in [-0.39, 0.29) is 34.7 Å². The lowest BCUT2D eigenvalue weighted by molar-refractivity contribution is 0.0692. The van der Waals surface area contributed by atoms with Crippen molar-refractivity contribution in [2.75, 3.05) is 5.73 Å². The van der Waals surface area contributed by atoms with Crippen LogP contribution in [0.25, 0.3) is 0 Å². The van der Waals surface area contributed by atoms with Crippen molar-refractivity contribution in [1.82, 2.24) is 0 Å². The molecular formula is C15H11FN2O3. The van der Waals surface area contributed by atoms with Crippen LogP contribution < -0.4 is 10.5 Å². The summed E-state index contributed by atoms with van der Waals surface area (Å²) in [4.78, 5) is 11.1. The van der Waals surface area contributed by atoms with Crippen LogP contribution in [0.15, 0.2) is 36.4 Å². The van der Waals surface area contributed by atoms with Gasteiger partial charge in [-0.15, -0.1) is 0 Å². The number of nitrogen functional groups attached to an aromatic ring is 1. The Morgan fingerprint density at radius 3 is 2.81 bits per heavy atom. The molecule has 0 fully saturated rings. The number of carboxylic acids is 1. The van der Waals surface area contributed by atoms with Gasteiger partial charge in [0.2, 0.25) is 0 Å². The number of nitriles is 1. The molecular weight excluding hydrogens is 275 g/mol. The van der Waals surface area contributed by atoms with E-state index in [9.17, 15) is 9.18 Å². The number of nitrogens with two attached hydrogens (primary N) is 1. The number of aromatic carboxylic acids is 1. The molecule has 0 saturated carbocycles. The van der Waals surface area contributed by atoms with Crippen LogP contribution in [0, 0.1) is 17.1 Å². The number of nitrogens with zero attached hydrogens (tertiary/aromatic N) is 1. The van der Waals surface area contributed by atoms with Crippen LogP contribution in [0.3, 0.4) is 0 Å². The molecule has 0 aliphatic carbocycles. The molecule has 0 saturated heterocycles. The molecule has 5 nitrogen and oxygen atoms in total.